The maximum Gasteiger partial charge on any atom is 0.228 e. The van der Waals surface area contributed by atoms with Gasteiger partial charge in [0.2, 0.25) is 5.95 Å². The summed E-state index contributed by atoms with van der Waals surface area (Å²) in [4.78, 5) is 13.6. The average Bonchev–Trinajstić information content (AvgIpc) is 3.10. The fraction of sp³-hybridized carbons (Fsp3) is 0.261. The van der Waals surface area contributed by atoms with E-state index in [1.165, 1.54) is 12.1 Å². The number of rotatable bonds is 4. The van der Waals surface area contributed by atoms with Gasteiger partial charge in [-0.25, -0.2) is 18.4 Å². The summed E-state index contributed by atoms with van der Waals surface area (Å²) in [5.74, 6) is -0.547. The van der Waals surface area contributed by atoms with E-state index < -0.39 is 11.6 Å². The second kappa shape index (κ2) is 8.16. The topological polar surface area (TPSA) is 76.1 Å². The molecule has 4 aromatic rings. The summed E-state index contributed by atoms with van der Waals surface area (Å²) in [6, 6.07) is 13.2. The molecular formula is C23H23F2N7. The average molecular weight is 435 g/mol. The van der Waals surface area contributed by atoms with E-state index >= 15 is 0 Å². The number of piperazine rings is 1. The highest BCUT2D eigenvalue weighted by molar-refractivity contribution is 5.99. The third-order valence-electron chi connectivity index (χ3n) is 5.78. The van der Waals surface area contributed by atoms with Crippen LogP contribution in [0.4, 0.5) is 20.5 Å². The van der Waals surface area contributed by atoms with Crippen molar-refractivity contribution in [2.24, 2.45) is 0 Å². The minimum atomic E-state index is -0.704. The van der Waals surface area contributed by atoms with Gasteiger partial charge in [0, 0.05) is 37.8 Å². The van der Waals surface area contributed by atoms with Crippen molar-refractivity contribution in [1.82, 2.24) is 24.6 Å². The number of hydrogen-bond acceptors (Lipinski definition) is 6. The first-order valence-electron chi connectivity index (χ1n) is 10.5. The van der Waals surface area contributed by atoms with Crippen LogP contribution in [-0.4, -0.2) is 57.9 Å². The van der Waals surface area contributed by atoms with E-state index in [0.717, 1.165) is 37.8 Å². The lowest BCUT2D eigenvalue weighted by molar-refractivity contribution is 0.311. The molecule has 1 saturated heterocycles. The Morgan fingerprint density at radius 1 is 0.969 bits per heavy atom. The molecule has 1 aliphatic heterocycles. The zero-order valence-electron chi connectivity index (χ0n) is 17.7. The Kier molecular flexibility index (Phi) is 5.18. The lowest BCUT2D eigenvalue weighted by atomic mass is 10.1. The van der Waals surface area contributed by atoms with E-state index in [-0.39, 0.29) is 5.56 Å². The third kappa shape index (κ3) is 3.75. The second-order valence-electron chi connectivity index (χ2n) is 8.01. The Labute approximate surface area is 184 Å². The Morgan fingerprint density at radius 3 is 2.44 bits per heavy atom. The molecule has 0 unspecified atom stereocenters. The van der Waals surface area contributed by atoms with Crippen LogP contribution in [0, 0.1) is 11.6 Å². The van der Waals surface area contributed by atoms with E-state index in [4.69, 9.17) is 10.7 Å². The molecule has 2 N–H and O–H groups in total. The Balaban J connectivity index is 1.67. The van der Waals surface area contributed by atoms with Crippen molar-refractivity contribution in [3.8, 4) is 11.3 Å². The smallest absolute Gasteiger partial charge is 0.228 e. The lowest BCUT2D eigenvalue weighted by Crippen LogP contribution is -2.45. The fourth-order valence-electron chi connectivity index (χ4n) is 3.94. The molecule has 7 nitrogen and oxygen atoms in total. The minimum Gasteiger partial charge on any atom is -0.383 e. The Morgan fingerprint density at radius 2 is 1.72 bits per heavy atom. The van der Waals surface area contributed by atoms with E-state index in [1.807, 2.05) is 30.3 Å². The molecule has 32 heavy (non-hydrogen) atoms. The first kappa shape index (κ1) is 20.3. The van der Waals surface area contributed by atoms with Gasteiger partial charge in [0.25, 0.3) is 0 Å². The van der Waals surface area contributed by atoms with Gasteiger partial charge < -0.3 is 15.5 Å². The number of nitrogens with zero attached hydrogens (tertiary/aromatic N) is 6. The Hall–Kier alpha value is -3.59. The summed E-state index contributed by atoms with van der Waals surface area (Å²) < 4.78 is 30.0. The van der Waals surface area contributed by atoms with Crippen LogP contribution in [0.1, 0.15) is 5.56 Å². The van der Waals surface area contributed by atoms with E-state index in [0.29, 0.717) is 35.0 Å². The van der Waals surface area contributed by atoms with Crippen molar-refractivity contribution in [3.63, 3.8) is 0 Å². The molecule has 5 rings (SSSR count). The van der Waals surface area contributed by atoms with Crippen LogP contribution in [0.5, 0.6) is 0 Å². The fourth-order valence-corrected chi connectivity index (χ4v) is 3.94. The van der Waals surface area contributed by atoms with Gasteiger partial charge in [-0.15, -0.1) is 5.10 Å². The largest absolute Gasteiger partial charge is 0.383 e. The zero-order valence-corrected chi connectivity index (χ0v) is 17.7. The first-order valence-corrected chi connectivity index (χ1v) is 10.5. The number of anilines is 2. The number of hydrogen-bond donors (Lipinski definition) is 1. The molecule has 2 aromatic carbocycles. The normalized spacial score (nSPS) is 14.9. The van der Waals surface area contributed by atoms with Gasteiger partial charge in [0.15, 0.2) is 5.65 Å². The number of likely N-dealkylation sites (N-methyl/N-ethyl adjacent to an activating group) is 1. The number of nitrogens with two attached hydrogens (primary N) is 1. The van der Waals surface area contributed by atoms with Crippen molar-refractivity contribution in [3.05, 3.63) is 65.7 Å². The highest BCUT2D eigenvalue weighted by Gasteiger charge is 2.24. The molecule has 164 valence electrons. The van der Waals surface area contributed by atoms with Crippen molar-refractivity contribution in [2.45, 2.75) is 6.54 Å². The van der Waals surface area contributed by atoms with Crippen molar-refractivity contribution >= 4 is 22.8 Å². The standard InChI is InChI=1S/C23H23F2N7/c1-30-9-11-31(12-10-30)23-27-20(17-8-7-16(24)13-18(17)25)19-21(26)32(29-22(19)28-23)14-15-5-3-2-4-6-15/h2-8,13H,9-12,14,26H2,1H3. The predicted octanol–water partition coefficient (Wildman–Crippen LogP) is 3.15. The van der Waals surface area contributed by atoms with Gasteiger partial charge in [-0.05, 0) is 24.7 Å². The van der Waals surface area contributed by atoms with Crippen LogP contribution in [0.25, 0.3) is 22.3 Å². The molecule has 2 aromatic heterocycles. The number of halogens is 2. The van der Waals surface area contributed by atoms with Crippen molar-refractivity contribution in [2.75, 3.05) is 43.9 Å². The minimum absolute atomic E-state index is 0.167. The molecule has 0 amide bonds. The van der Waals surface area contributed by atoms with Crippen LogP contribution in [0.15, 0.2) is 48.5 Å². The first-order chi connectivity index (χ1) is 15.5. The summed E-state index contributed by atoms with van der Waals surface area (Å²) in [6.07, 6.45) is 0. The highest BCUT2D eigenvalue weighted by Crippen LogP contribution is 2.34. The molecule has 0 aliphatic carbocycles. The number of nitrogen functional groups attached to an aromatic ring is 1. The molecule has 1 fully saturated rings. The van der Waals surface area contributed by atoms with Crippen LogP contribution < -0.4 is 10.6 Å². The van der Waals surface area contributed by atoms with E-state index in [2.05, 4.69) is 26.9 Å². The quantitative estimate of drug-likeness (QED) is 0.531. The SMILES string of the molecule is CN1CCN(c2nc(-c3ccc(F)cc3F)c3c(N)n(Cc4ccccc4)nc3n2)CC1. The number of aromatic nitrogens is 4. The maximum atomic E-state index is 14.8. The summed E-state index contributed by atoms with van der Waals surface area (Å²) in [7, 11) is 2.06. The summed E-state index contributed by atoms with van der Waals surface area (Å²) >= 11 is 0. The molecule has 0 saturated carbocycles. The number of benzene rings is 2. The summed E-state index contributed by atoms with van der Waals surface area (Å²) in [5.41, 5.74) is 8.35. The van der Waals surface area contributed by atoms with Crippen LogP contribution in [-0.2, 0) is 6.54 Å². The molecule has 0 atom stereocenters. The molecular weight excluding hydrogens is 412 g/mol. The molecule has 0 radical (unpaired) electrons. The number of fused-ring (bicyclic) bond motifs is 1. The second-order valence-corrected chi connectivity index (χ2v) is 8.01. The van der Waals surface area contributed by atoms with Crippen LogP contribution in [0.3, 0.4) is 0 Å². The molecule has 0 spiro atoms. The summed E-state index contributed by atoms with van der Waals surface area (Å²) in [6.45, 7) is 3.66. The van der Waals surface area contributed by atoms with Crippen LogP contribution in [0.2, 0.25) is 0 Å². The van der Waals surface area contributed by atoms with Gasteiger partial charge in [-0.1, -0.05) is 30.3 Å². The van der Waals surface area contributed by atoms with Gasteiger partial charge >= 0.3 is 0 Å². The molecule has 0 bridgehead atoms. The zero-order chi connectivity index (χ0) is 22.2. The van der Waals surface area contributed by atoms with Gasteiger partial charge in [-0.3, -0.25) is 0 Å². The van der Waals surface area contributed by atoms with Gasteiger partial charge in [0.05, 0.1) is 17.6 Å². The Bertz CT molecular complexity index is 1260. The van der Waals surface area contributed by atoms with Gasteiger partial charge in [-0.2, -0.15) is 4.98 Å². The van der Waals surface area contributed by atoms with Crippen LogP contribution >= 0.6 is 0 Å². The maximum absolute atomic E-state index is 14.8. The highest BCUT2D eigenvalue weighted by atomic mass is 19.1. The predicted molar refractivity (Wildman–Crippen MR) is 120 cm³/mol. The van der Waals surface area contributed by atoms with E-state index in [9.17, 15) is 8.78 Å². The lowest BCUT2D eigenvalue weighted by Gasteiger charge is -2.32. The van der Waals surface area contributed by atoms with Crippen molar-refractivity contribution in [1.29, 1.82) is 0 Å². The third-order valence-corrected chi connectivity index (χ3v) is 5.78. The monoisotopic (exact) mass is 435 g/mol. The summed E-state index contributed by atoms with van der Waals surface area (Å²) in [5, 5.41) is 5.08. The van der Waals surface area contributed by atoms with Gasteiger partial charge in [0.1, 0.15) is 17.5 Å². The molecule has 9 heteroatoms. The molecule has 3 heterocycles. The molecule has 1 aliphatic rings. The van der Waals surface area contributed by atoms with Crippen molar-refractivity contribution < 1.29 is 8.78 Å². The van der Waals surface area contributed by atoms with E-state index in [1.54, 1.807) is 4.68 Å².